The topological polar surface area (TPSA) is 86.6 Å². The number of anilines is 2. The fourth-order valence-electron chi connectivity index (χ4n) is 3.02. The van der Waals surface area contributed by atoms with Crippen LogP contribution in [0.4, 0.5) is 22.7 Å². The normalized spacial score (nSPS) is 10.6. The third-order valence-corrected chi connectivity index (χ3v) is 5.13. The second kappa shape index (κ2) is 12.1. The van der Waals surface area contributed by atoms with Gasteiger partial charge in [0, 0.05) is 38.1 Å². The summed E-state index contributed by atoms with van der Waals surface area (Å²) in [5, 5.41) is 11.4. The number of nitrogens with one attached hydrogen (secondary N) is 1. The Hall–Kier alpha value is -4.46. The summed E-state index contributed by atoms with van der Waals surface area (Å²) in [7, 11) is 5.65. The van der Waals surface area contributed by atoms with Crippen LogP contribution in [-0.4, -0.2) is 51.0 Å². The Balaban J connectivity index is 1.50. The van der Waals surface area contributed by atoms with Gasteiger partial charge in [0.25, 0.3) is 5.91 Å². The van der Waals surface area contributed by atoms with Gasteiger partial charge in [-0.3, -0.25) is 9.59 Å². The van der Waals surface area contributed by atoms with Gasteiger partial charge in [0.1, 0.15) is 12.4 Å². The van der Waals surface area contributed by atoms with E-state index in [2.05, 4.69) is 22.1 Å². The van der Waals surface area contributed by atoms with E-state index in [1.807, 2.05) is 43.3 Å². The number of azo groups is 1. The molecule has 2 amide bonds. The first-order valence-electron chi connectivity index (χ1n) is 11.1. The highest BCUT2D eigenvalue weighted by molar-refractivity contribution is 6.04. The van der Waals surface area contributed by atoms with Gasteiger partial charge in [0.05, 0.1) is 17.9 Å². The molecule has 0 aliphatic carbocycles. The Labute approximate surface area is 205 Å². The summed E-state index contributed by atoms with van der Waals surface area (Å²) in [5.74, 6) is 0.224. The van der Waals surface area contributed by atoms with E-state index < -0.39 is 0 Å². The van der Waals surface area contributed by atoms with Crippen molar-refractivity contribution >= 4 is 34.6 Å². The third kappa shape index (κ3) is 7.53. The standard InChI is InChI=1S/C27H29N5O3/c1-5-26(33)32(4)18-19-35-25-16-6-20(7-17-25)27(34)28-21-8-10-22(11-9-21)29-30-23-12-14-24(15-13-23)31(2)3/h5-17H,1,18-19H2,2-4H3,(H,28,34)/b30-29+. The van der Waals surface area contributed by atoms with Crippen LogP contribution in [0, 0.1) is 0 Å². The molecule has 3 aromatic rings. The zero-order chi connectivity index (χ0) is 25.2. The summed E-state index contributed by atoms with van der Waals surface area (Å²) in [6, 6.07) is 21.7. The summed E-state index contributed by atoms with van der Waals surface area (Å²) < 4.78 is 5.63. The Bertz CT molecular complexity index is 1170. The van der Waals surface area contributed by atoms with Crippen LogP contribution in [0.1, 0.15) is 10.4 Å². The molecule has 0 unspecified atom stereocenters. The van der Waals surface area contributed by atoms with Crippen LogP contribution in [-0.2, 0) is 4.79 Å². The number of hydrogen-bond acceptors (Lipinski definition) is 6. The zero-order valence-corrected chi connectivity index (χ0v) is 20.1. The SMILES string of the molecule is C=CC(=O)N(C)CCOc1ccc(C(=O)Nc2ccc(/N=N/c3ccc(N(C)C)cc3)cc2)cc1. The maximum atomic E-state index is 12.6. The summed E-state index contributed by atoms with van der Waals surface area (Å²) in [5.41, 5.74) is 3.69. The van der Waals surface area contributed by atoms with Crippen LogP contribution in [0.2, 0.25) is 0 Å². The number of amides is 2. The lowest BCUT2D eigenvalue weighted by atomic mass is 10.2. The van der Waals surface area contributed by atoms with E-state index in [1.165, 1.54) is 11.0 Å². The minimum Gasteiger partial charge on any atom is -0.492 e. The zero-order valence-electron chi connectivity index (χ0n) is 20.1. The molecule has 0 bridgehead atoms. The lowest BCUT2D eigenvalue weighted by molar-refractivity contribution is -0.125. The number of benzene rings is 3. The van der Waals surface area contributed by atoms with Crippen LogP contribution in [0.5, 0.6) is 5.75 Å². The molecule has 3 aromatic carbocycles. The highest BCUT2D eigenvalue weighted by atomic mass is 16.5. The molecule has 8 nitrogen and oxygen atoms in total. The predicted molar refractivity (Wildman–Crippen MR) is 139 cm³/mol. The van der Waals surface area contributed by atoms with Gasteiger partial charge in [-0.25, -0.2) is 0 Å². The average molecular weight is 472 g/mol. The van der Waals surface area contributed by atoms with E-state index in [9.17, 15) is 9.59 Å². The molecule has 0 spiro atoms. The van der Waals surface area contributed by atoms with Gasteiger partial charge < -0.3 is 19.9 Å². The number of nitrogens with zero attached hydrogens (tertiary/aromatic N) is 4. The number of ether oxygens (including phenoxy) is 1. The molecular weight excluding hydrogens is 442 g/mol. The van der Waals surface area contributed by atoms with Gasteiger partial charge in [-0.1, -0.05) is 6.58 Å². The molecule has 0 heterocycles. The van der Waals surface area contributed by atoms with Crippen LogP contribution in [0.25, 0.3) is 0 Å². The molecule has 0 radical (unpaired) electrons. The summed E-state index contributed by atoms with van der Waals surface area (Å²) in [6.45, 7) is 4.23. The van der Waals surface area contributed by atoms with Gasteiger partial charge in [-0.15, -0.1) is 0 Å². The van der Waals surface area contributed by atoms with Crippen LogP contribution >= 0.6 is 0 Å². The molecule has 0 aliphatic rings. The second-order valence-corrected chi connectivity index (χ2v) is 7.95. The van der Waals surface area contributed by atoms with Crippen molar-refractivity contribution in [2.24, 2.45) is 10.2 Å². The molecule has 8 heteroatoms. The third-order valence-electron chi connectivity index (χ3n) is 5.13. The molecule has 0 fully saturated rings. The first-order chi connectivity index (χ1) is 16.9. The summed E-state index contributed by atoms with van der Waals surface area (Å²) in [4.78, 5) is 27.6. The highest BCUT2D eigenvalue weighted by Crippen LogP contribution is 2.23. The summed E-state index contributed by atoms with van der Waals surface area (Å²) >= 11 is 0. The van der Waals surface area contributed by atoms with Crippen molar-refractivity contribution in [2.45, 2.75) is 0 Å². The van der Waals surface area contributed by atoms with Crippen LogP contribution < -0.4 is 15.0 Å². The van der Waals surface area contributed by atoms with E-state index in [0.29, 0.717) is 35.8 Å². The average Bonchev–Trinajstić information content (AvgIpc) is 2.88. The fraction of sp³-hybridized carbons (Fsp3) is 0.185. The molecule has 35 heavy (non-hydrogen) atoms. The lowest BCUT2D eigenvalue weighted by Crippen LogP contribution is -2.29. The molecule has 0 saturated carbocycles. The van der Waals surface area contributed by atoms with Crippen molar-refractivity contribution in [2.75, 3.05) is 44.5 Å². The Morgan fingerprint density at radius 2 is 1.46 bits per heavy atom. The van der Waals surface area contributed by atoms with Crippen molar-refractivity contribution in [1.29, 1.82) is 0 Å². The van der Waals surface area contributed by atoms with Gasteiger partial charge in [-0.05, 0) is 78.9 Å². The minimum absolute atomic E-state index is 0.161. The minimum atomic E-state index is -0.233. The second-order valence-electron chi connectivity index (χ2n) is 7.95. The molecule has 0 aliphatic heterocycles. The van der Waals surface area contributed by atoms with E-state index in [4.69, 9.17) is 4.74 Å². The lowest BCUT2D eigenvalue weighted by Gasteiger charge is -2.15. The largest absolute Gasteiger partial charge is 0.492 e. The van der Waals surface area contributed by atoms with Crippen molar-refractivity contribution in [3.63, 3.8) is 0 Å². The van der Waals surface area contributed by atoms with Gasteiger partial charge in [0.15, 0.2) is 0 Å². The first-order valence-corrected chi connectivity index (χ1v) is 11.1. The number of rotatable bonds is 10. The Kier molecular flexibility index (Phi) is 8.72. The van der Waals surface area contributed by atoms with Crippen molar-refractivity contribution < 1.29 is 14.3 Å². The maximum absolute atomic E-state index is 12.6. The number of carbonyl (C=O) groups excluding carboxylic acids is 2. The molecule has 3 rings (SSSR count). The van der Waals surface area contributed by atoms with E-state index in [0.717, 1.165) is 11.4 Å². The molecule has 0 atom stereocenters. The van der Waals surface area contributed by atoms with Crippen molar-refractivity contribution in [3.8, 4) is 5.75 Å². The fourth-order valence-corrected chi connectivity index (χ4v) is 3.02. The molecule has 180 valence electrons. The highest BCUT2D eigenvalue weighted by Gasteiger charge is 2.08. The molecule has 0 aromatic heterocycles. The quantitative estimate of drug-likeness (QED) is 0.315. The number of carbonyl (C=O) groups is 2. The van der Waals surface area contributed by atoms with Gasteiger partial charge in [-0.2, -0.15) is 10.2 Å². The molecule has 1 N–H and O–H groups in total. The number of hydrogen-bond donors (Lipinski definition) is 1. The smallest absolute Gasteiger partial charge is 0.255 e. The first kappa shape index (κ1) is 25.2. The number of likely N-dealkylation sites (N-methyl/N-ethyl adjacent to an activating group) is 1. The van der Waals surface area contributed by atoms with Crippen LogP contribution in [0.3, 0.4) is 0 Å². The van der Waals surface area contributed by atoms with E-state index in [1.54, 1.807) is 55.6 Å². The Morgan fingerprint density at radius 1 is 0.886 bits per heavy atom. The van der Waals surface area contributed by atoms with Gasteiger partial charge in [0.2, 0.25) is 5.91 Å². The van der Waals surface area contributed by atoms with Crippen LogP contribution in [0.15, 0.2) is 95.7 Å². The molecule has 0 saturated heterocycles. The summed E-state index contributed by atoms with van der Waals surface area (Å²) in [6.07, 6.45) is 1.26. The van der Waals surface area contributed by atoms with Crippen molar-refractivity contribution in [3.05, 3.63) is 91.0 Å². The van der Waals surface area contributed by atoms with E-state index >= 15 is 0 Å². The predicted octanol–water partition coefficient (Wildman–Crippen LogP) is 5.44. The van der Waals surface area contributed by atoms with Gasteiger partial charge >= 0.3 is 0 Å². The Morgan fingerprint density at radius 3 is 2.00 bits per heavy atom. The van der Waals surface area contributed by atoms with Crippen molar-refractivity contribution in [1.82, 2.24) is 4.90 Å². The van der Waals surface area contributed by atoms with E-state index in [-0.39, 0.29) is 11.8 Å². The maximum Gasteiger partial charge on any atom is 0.255 e. The monoisotopic (exact) mass is 471 g/mol. The molecular formula is C27H29N5O3.